The molecule has 4 amide bonds. The first kappa shape index (κ1) is 13.8. The molecule has 0 saturated heterocycles. The van der Waals surface area contributed by atoms with Gasteiger partial charge in [0.25, 0.3) is 11.8 Å². The lowest BCUT2D eigenvalue weighted by molar-refractivity contribution is 0.0592. The largest absolute Gasteiger partial charge is 0.338 e. The molecule has 0 atom stereocenters. The molecule has 1 aliphatic heterocycles. The molecule has 1 aliphatic rings. The molecule has 6 nitrogen and oxygen atoms in total. The molecule has 2 aromatic rings. The zero-order valence-electron chi connectivity index (χ0n) is 11.8. The highest BCUT2D eigenvalue weighted by Crippen LogP contribution is 2.21. The summed E-state index contributed by atoms with van der Waals surface area (Å²) in [4.78, 5) is 36.2. The Morgan fingerprint density at radius 1 is 0.909 bits per heavy atom. The Morgan fingerprint density at radius 3 is 2.05 bits per heavy atom. The number of hydrazine groups is 1. The van der Waals surface area contributed by atoms with Crippen molar-refractivity contribution in [2.75, 3.05) is 5.32 Å². The van der Waals surface area contributed by atoms with E-state index in [2.05, 4.69) is 10.7 Å². The van der Waals surface area contributed by atoms with E-state index in [9.17, 15) is 14.4 Å². The van der Waals surface area contributed by atoms with Crippen LogP contribution in [0.5, 0.6) is 0 Å². The molecule has 2 aromatic carbocycles. The number of benzene rings is 2. The maximum absolute atomic E-state index is 12.1. The number of urea groups is 1. The minimum absolute atomic E-state index is 0.281. The van der Waals surface area contributed by atoms with Gasteiger partial charge in [0.2, 0.25) is 0 Å². The SMILES string of the molecule is Cc1ccccc1NC(=O)NN1C(=O)c2ccccc2C1=O. The van der Waals surface area contributed by atoms with E-state index < -0.39 is 17.8 Å². The highest BCUT2D eigenvalue weighted by atomic mass is 16.2. The zero-order valence-corrected chi connectivity index (χ0v) is 11.8. The van der Waals surface area contributed by atoms with Gasteiger partial charge in [-0.1, -0.05) is 30.3 Å². The maximum Gasteiger partial charge on any atom is 0.338 e. The number of nitrogens with one attached hydrogen (secondary N) is 2. The van der Waals surface area contributed by atoms with Crippen molar-refractivity contribution >= 4 is 23.5 Å². The fourth-order valence-electron chi connectivity index (χ4n) is 2.26. The number of carbonyl (C=O) groups excluding carboxylic acids is 3. The maximum atomic E-state index is 12.1. The lowest BCUT2D eigenvalue weighted by atomic mass is 10.1. The molecule has 0 fully saturated rings. The van der Waals surface area contributed by atoms with Gasteiger partial charge in [-0.05, 0) is 30.7 Å². The Hall–Kier alpha value is -3.15. The first-order valence-electron chi connectivity index (χ1n) is 6.69. The van der Waals surface area contributed by atoms with Gasteiger partial charge < -0.3 is 5.32 Å². The minimum atomic E-state index is -0.649. The summed E-state index contributed by atoms with van der Waals surface area (Å²) in [6.07, 6.45) is 0. The number of rotatable bonds is 2. The standard InChI is InChI=1S/C16H13N3O3/c1-10-6-2-5-9-13(10)17-16(22)18-19-14(20)11-7-3-4-8-12(11)15(19)21/h2-9H,1H3,(H2,17,18,22). The molecule has 3 rings (SSSR count). The van der Waals surface area contributed by atoms with Crippen molar-refractivity contribution in [2.45, 2.75) is 6.92 Å². The van der Waals surface area contributed by atoms with Crippen LogP contribution >= 0.6 is 0 Å². The summed E-state index contributed by atoms with van der Waals surface area (Å²) < 4.78 is 0. The van der Waals surface area contributed by atoms with Crippen LogP contribution in [0, 0.1) is 6.92 Å². The van der Waals surface area contributed by atoms with Crippen LogP contribution in [0.25, 0.3) is 0 Å². The van der Waals surface area contributed by atoms with Gasteiger partial charge >= 0.3 is 6.03 Å². The third-order valence-electron chi connectivity index (χ3n) is 3.40. The van der Waals surface area contributed by atoms with Crippen molar-refractivity contribution in [3.63, 3.8) is 0 Å². The van der Waals surface area contributed by atoms with Crippen LogP contribution in [-0.2, 0) is 0 Å². The number of anilines is 1. The summed E-state index contributed by atoms with van der Waals surface area (Å²) in [6, 6.07) is 13.0. The molecule has 0 saturated carbocycles. The van der Waals surface area contributed by atoms with E-state index in [1.165, 1.54) is 0 Å². The summed E-state index contributed by atoms with van der Waals surface area (Å²) in [5.74, 6) is -1.08. The molecular weight excluding hydrogens is 282 g/mol. The normalized spacial score (nSPS) is 13.0. The predicted molar refractivity (Wildman–Crippen MR) is 80.3 cm³/mol. The molecule has 22 heavy (non-hydrogen) atoms. The lowest BCUT2D eigenvalue weighted by Gasteiger charge is -2.16. The molecule has 2 N–H and O–H groups in total. The van der Waals surface area contributed by atoms with Crippen LogP contribution in [-0.4, -0.2) is 22.9 Å². The quantitative estimate of drug-likeness (QED) is 0.835. The summed E-state index contributed by atoms with van der Waals surface area (Å²) in [6.45, 7) is 1.84. The second kappa shape index (κ2) is 5.33. The molecule has 0 radical (unpaired) electrons. The van der Waals surface area contributed by atoms with Crippen LogP contribution in [0.3, 0.4) is 0 Å². The number of para-hydroxylation sites is 1. The minimum Gasteiger partial charge on any atom is -0.306 e. The van der Waals surface area contributed by atoms with Crippen LogP contribution in [0.15, 0.2) is 48.5 Å². The number of nitrogens with zero attached hydrogens (tertiary/aromatic N) is 1. The molecule has 1 heterocycles. The zero-order chi connectivity index (χ0) is 15.7. The van der Waals surface area contributed by atoms with E-state index in [0.29, 0.717) is 5.69 Å². The fourth-order valence-corrected chi connectivity index (χ4v) is 2.26. The van der Waals surface area contributed by atoms with Crippen molar-refractivity contribution in [1.29, 1.82) is 0 Å². The molecule has 0 aliphatic carbocycles. The monoisotopic (exact) mass is 295 g/mol. The van der Waals surface area contributed by atoms with Gasteiger partial charge in [-0.15, -0.1) is 0 Å². The Bertz CT molecular complexity index is 751. The Labute approximate surface area is 126 Å². The van der Waals surface area contributed by atoms with Crippen LogP contribution in [0.4, 0.5) is 10.5 Å². The number of aryl methyl sites for hydroxylation is 1. The fraction of sp³-hybridized carbons (Fsp3) is 0.0625. The summed E-state index contributed by atoms with van der Waals surface area (Å²) in [5, 5.41) is 3.33. The van der Waals surface area contributed by atoms with Crippen molar-refractivity contribution in [1.82, 2.24) is 10.4 Å². The molecule has 0 spiro atoms. The molecule has 0 bridgehead atoms. The van der Waals surface area contributed by atoms with Crippen LogP contribution in [0.2, 0.25) is 0 Å². The van der Waals surface area contributed by atoms with E-state index in [-0.39, 0.29) is 11.1 Å². The number of fused-ring (bicyclic) bond motifs is 1. The second-order valence-corrected chi connectivity index (χ2v) is 4.87. The number of carbonyl (C=O) groups is 3. The molecular formula is C16H13N3O3. The van der Waals surface area contributed by atoms with E-state index in [0.717, 1.165) is 10.6 Å². The number of hydrogen-bond donors (Lipinski definition) is 2. The predicted octanol–water partition coefficient (Wildman–Crippen LogP) is 2.33. The second-order valence-electron chi connectivity index (χ2n) is 4.87. The first-order chi connectivity index (χ1) is 10.6. The van der Waals surface area contributed by atoms with Crippen molar-refractivity contribution < 1.29 is 14.4 Å². The van der Waals surface area contributed by atoms with Crippen molar-refractivity contribution in [3.05, 3.63) is 65.2 Å². The van der Waals surface area contributed by atoms with Gasteiger partial charge in [0.1, 0.15) is 0 Å². The third-order valence-corrected chi connectivity index (χ3v) is 3.40. The Balaban J connectivity index is 1.75. The Morgan fingerprint density at radius 2 is 1.45 bits per heavy atom. The van der Waals surface area contributed by atoms with Gasteiger partial charge in [0.15, 0.2) is 0 Å². The topological polar surface area (TPSA) is 78.5 Å². The van der Waals surface area contributed by atoms with Gasteiger partial charge in [-0.2, -0.15) is 5.01 Å². The molecule has 6 heteroatoms. The summed E-state index contributed by atoms with van der Waals surface area (Å²) >= 11 is 0. The van der Waals surface area contributed by atoms with Gasteiger partial charge in [-0.3, -0.25) is 9.59 Å². The highest BCUT2D eigenvalue weighted by Gasteiger charge is 2.36. The number of hydrogen-bond acceptors (Lipinski definition) is 3. The van der Waals surface area contributed by atoms with Crippen LogP contribution < -0.4 is 10.7 Å². The van der Waals surface area contributed by atoms with Gasteiger partial charge in [0, 0.05) is 5.69 Å². The molecule has 0 aromatic heterocycles. The van der Waals surface area contributed by atoms with E-state index in [1.807, 2.05) is 19.1 Å². The average Bonchev–Trinajstić information content (AvgIpc) is 2.75. The smallest absolute Gasteiger partial charge is 0.306 e. The summed E-state index contributed by atoms with van der Waals surface area (Å²) in [5.41, 5.74) is 4.33. The Kier molecular flexibility index (Phi) is 3.34. The number of imide groups is 1. The number of amides is 4. The van der Waals surface area contributed by atoms with E-state index in [1.54, 1.807) is 36.4 Å². The third kappa shape index (κ3) is 2.31. The highest BCUT2D eigenvalue weighted by molar-refractivity contribution is 6.21. The van der Waals surface area contributed by atoms with Crippen molar-refractivity contribution in [3.8, 4) is 0 Å². The van der Waals surface area contributed by atoms with E-state index >= 15 is 0 Å². The van der Waals surface area contributed by atoms with Gasteiger partial charge in [0.05, 0.1) is 11.1 Å². The van der Waals surface area contributed by atoms with Gasteiger partial charge in [-0.25, -0.2) is 10.2 Å². The molecule has 110 valence electrons. The van der Waals surface area contributed by atoms with Crippen LogP contribution in [0.1, 0.15) is 26.3 Å². The van der Waals surface area contributed by atoms with E-state index in [4.69, 9.17) is 0 Å². The molecule has 0 unspecified atom stereocenters. The lowest BCUT2D eigenvalue weighted by Crippen LogP contribution is -2.47. The first-order valence-corrected chi connectivity index (χ1v) is 6.69. The summed E-state index contributed by atoms with van der Waals surface area (Å²) in [7, 11) is 0. The van der Waals surface area contributed by atoms with Crippen molar-refractivity contribution in [2.24, 2.45) is 0 Å². The average molecular weight is 295 g/mol.